The summed E-state index contributed by atoms with van der Waals surface area (Å²) < 4.78 is 5.51. The lowest BCUT2D eigenvalue weighted by Crippen LogP contribution is -2.55. The van der Waals surface area contributed by atoms with Crippen molar-refractivity contribution in [3.63, 3.8) is 0 Å². The average molecular weight is 456 g/mol. The van der Waals surface area contributed by atoms with Gasteiger partial charge < -0.3 is 10.1 Å². The van der Waals surface area contributed by atoms with Crippen molar-refractivity contribution >= 4 is 16.7 Å². The van der Waals surface area contributed by atoms with Crippen molar-refractivity contribution in [1.29, 1.82) is 0 Å². The lowest BCUT2D eigenvalue weighted by atomic mass is 9.49. The number of amides is 1. The Bertz CT molecular complexity index is 1430. The van der Waals surface area contributed by atoms with Crippen LogP contribution in [0.1, 0.15) is 47.7 Å². The van der Waals surface area contributed by atoms with Crippen molar-refractivity contribution in [1.82, 2.24) is 25.7 Å². The molecule has 2 heterocycles. The van der Waals surface area contributed by atoms with Crippen LogP contribution in [0.15, 0.2) is 59.7 Å². The highest BCUT2D eigenvalue weighted by atomic mass is 16.5. The molecule has 2 aliphatic rings. The van der Waals surface area contributed by atoms with Crippen molar-refractivity contribution in [3.05, 3.63) is 76.5 Å². The molecule has 34 heavy (non-hydrogen) atoms. The molecule has 3 N–H and O–H groups in total. The van der Waals surface area contributed by atoms with Gasteiger partial charge in [0.25, 0.3) is 11.5 Å². The van der Waals surface area contributed by atoms with Crippen molar-refractivity contribution in [2.75, 3.05) is 7.11 Å². The zero-order valence-electron chi connectivity index (χ0n) is 18.8. The molecule has 172 valence electrons. The van der Waals surface area contributed by atoms with Gasteiger partial charge in [-0.15, -0.1) is 0 Å². The molecule has 0 aliphatic heterocycles. The Morgan fingerprint density at radius 3 is 2.65 bits per heavy atom. The number of H-pyrrole nitrogens is 2. The second kappa shape index (κ2) is 7.83. The molecule has 1 spiro atoms. The van der Waals surface area contributed by atoms with Gasteiger partial charge in [0.05, 0.1) is 24.4 Å². The molecule has 0 bridgehead atoms. The summed E-state index contributed by atoms with van der Waals surface area (Å²) in [4.78, 5) is 24.9. The molecule has 2 aliphatic carbocycles. The summed E-state index contributed by atoms with van der Waals surface area (Å²) in [5.74, 6) is 0.904. The second-order valence-corrected chi connectivity index (χ2v) is 9.57. The molecule has 0 unspecified atom stereocenters. The maximum atomic E-state index is 12.9. The molecular weight excluding hydrogens is 430 g/mol. The molecule has 0 saturated heterocycles. The topological polar surface area (TPSA) is 113 Å². The van der Waals surface area contributed by atoms with E-state index in [2.05, 4.69) is 25.7 Å². The first-order valence-electron chi connectivity index (χ1n) is 11.5. The first-order valence-corrected chi connectivity index (χ1v) is 11.5. The van der Waals surface area contributed by atoms with Gasteiger partial charge in [-0.05, 0) is 55.4 Å². The lowest BCUT2D eigenvalue weighted by Gasteiger charge is -2.57. The number of fused-ring (bicyclic) bond motifs is 1. The molecule has 0 atom stereocenters. The van der Waals surface area contributed by atoms with Gasteiger partial charge in [-0.1, -0.05) is 18.2 Å². The summed E-state index contributed by atoms with van der Waals surface area (Å²) in [6.45, 7) is 0. The van der Waals surface area contributed by atoms with Crippen LogP contribution in [0.3, 0.4) is 0 Å². The van der Waals surface area contributed by atoms with Crippen molar-refractivity contribution in [2.45, 2.75) is 37.6 Å². The van der Waals surface area contributed by atoms with Crippen LogP contribution >= 0.6 is 0 Å². The van der Waals surface area contributed by atoms with Crippen LogP contribution in [0.5, 0.6) is 5.75 Å². The summed E-state index contributed by atoms with van der Waals surface area (Å²) in [6, 6.07) is 13.3. The number of hydrogen-bond donors (Lipinski definition) is 3. The maximum absolute atomic E-state index is 12.9. The Morgan fingerprint density at radius 2 is 1.91 bits per heavy atom. The van der Waals surface area contributed by atoms with Gasteiger partial charge >= 0.3 is 0 Å². The number of benzene rings is 2. The van der Waals surface area contributed by atoms with Crippen molar-refractivity contribution < 1.29 is 9.53 Å². The zero-order chi connectivity index (χ0) is 23.3. The molecular formula is C26H25N5O3. The number of carbonyl (C=O) groups excluding carboxylic acids is 1. The minimum absolute atomic E-state index is 0.0823. The van der Waals surface area contributed by atoms with Gasteiger partial charge in [0.2, 0.25) is 0 Å². The number of aromatic amines is 2. The van der Waals surface area contributed by atoms with E-state index in [0.717, 1.165) is 47.9 Å². The third kappa shape index (κ3) is 3.37. The smallest absolute Gasteiger partial charge is 0.272 e. The normalized spacial score (nSPS) is 23.3. The highest BCUT2D eigenvalue weighted by Gasteiger charge is 2.54. The van der Waals surface area contributed by atoms with E-state index in [9.17, 15) is 9.59 Å². The minimum atomic E-state index is -0.144. The van der Waals surface area contributed by atoms with E-state index < -0.39 is 0 Å². The summed E-state index contributed by atoms with van der Waals surface area (Å²) in [5, 5.41) is 18.6. The minimum Gasteiger partial charge on any atom is -0.496 e. The number of aromatic nitrogens is 4. The number of carbonyl (C=O) groups is 1. The lowest BCUT2D eigenvalue weighted by molar-refractivity contribution is -0.0196. The first-order chi connectivity index (χ1) is 16.5. The molecule has 2 aromatic carbocycles. The molecule has 2 saturated carbocycles. The van der Waals surface area contributed by atoms with Crippen LogP contribution in [0, 0.1) is 5.41 Å². The van der Waals surface area contributed by atoms with Crippen LogP contribution in [0.4, 0.5) is 0 Å². The number of rotatable bonds is 5. The molecule has 8 heteroatoms. The van der Waals surface area contributed by atoms with Crippen LogP contribution in [0.25, 0.3) is 21.9 Å². The fourth-order valence-electron chi connectivity index (χ4n) is 5.78. The highest BCUT2D eigenvalue weighted by molar-refractivity contribution is 5.96. The Labute approximate surface area is 195 Å². The number of ether oxygens (including phenoxy) is 1. The van der Waals surface area contributed by atoms with Crippen molar-refractivity contribution in [2.24, 2.45) is 5.41 Å². The van der Waals surface area contributed by atoms with Crippen LogP contribution < -0.4 is 15.6 Å². The van der Waals surface area contributed by atoms with E-state index >= 15 is 0 Å². The Kier molecular flexibility index (Phi) is 4.76. The summed E-state index contributed by atoms with van der Waals surface area (Å²) in [5.41, 5.74) is 3.49. The van der Waals surface area contributed by atoms with E-state index in [0.29, 0.717) is 22.6 Å². The predicted octanol–water partition coefficient (Wildman–Crippen LogP) is 3.78. The van der Waals surface area contributed by atoms with E-state index in [-0.39, 0.29) is 22.9 Å². The molecule has 1 amide bonds. The summed E-state index contributed by atoms with van der Waals surface area (Å²) >= 11 is 0. The molecule has 8 nitrogen and oxygen atoms in total. The Balaban J connectivity index is 1.09. The number of hydrogen-bond acceptors (Lipinski definition) is 5. The van der Waals surface area contributed by atoms with Crippen LogP contribution in [-0.4, -0.2) is 39.5 Å². The first kappa shape index (κ1) is 20.7. The SMILES string of the molecule is COc1cc(C(=O)NC2CC3(C2)CC(c2n[nH]c(=O)c4ccccc24)C3)ccc1-c1cn[nH]c1. The van der Waals surface area contributed by atoms with Crippen LogP contribution in [-0.2, 0) is 0 Å². The number of methoxy groups -OCH3 is 1. The Morgan fingerprint density at radius 1 is 1.12 bits per heavy atom. The molecule has 4 aromatic rings. The van der Waals surface area contributed by atoms with Gasteiger partial charge in [-0.3, -0.25) is 14.7 Å². The van der Waals surface area contributed by atoms with Crippen LogP contribution in [0.2, 0.25) is 0 Å². The van der Waals surface area contributed by atoms with Gasteiger partial charge in [0.1, 0.15) is 5.75 Å². The average Bonchev–Trinajstić information content (AvgIpc) is 3.35. The van der Waals surface area contributed by atoms with Gasteiger partial charge in [0, 0.05) is 40.2 Å². The second-order valence-electron chi connectivity index (χ2n) is 9.57. The largest absolute Gasteiger partial charge is 0.496 e. The fourth-order valence-corrected chi connectivity index (χ4v) is 5.78. The van der Waals surface area contributed by atoms with E-state index in [1.165, 1.54) is 0 Å². The van der Waals surface area contributed by atoms with Gasteiger partial charge in [0.15, 0.2) is 0 Å². The quantitative estimate of drug-likeness (QED) is 0.424. The number of nitrogens with one attached hydrogen (secondary N) is 3. The fraction of sp³-hybridized carbons (Fsp3) is 0.308. The standard InChI is InChI=1S/C26H25N5O3/c1-34-22-8-15(6-7-19(22)17-13-27-28-14-17)24(32)29-18-11-26(12-18)9-16(10-26)23-20-4-2-3-5-21(20)25(33)31-30-23/h2-8,13-14,16,18H,9-12H2,1H3,(H,27,28)(H,29,32)(H,31,33). The zero-order valence-corrected chi connectivity index (χ0v) is 18.8. The van der Waals surface area contributed by atoms with E-state index in [1.54, 1.807) is 25.6 Å². The third-order valence-electron chi connectivity index (χ3n) is 7.44. The molecule has 2 aromatic heterocycles. The molecule has 0 radical (unpaired) electrons. The summed E-state index contributed by atoms with van der Waals surface area (Å²) in [6.07, 6.45) is 7.54. The number of nitrogens with zero attached hydrogens (tertiary/aromatic N) is 2. The van der Waals surface area contributed by atoms with E-state index in [1.807, 2.05) is 36.4 Å². The van der Waals surface area contributed by atoms with Crippen molar-refractivity contribution in [3.8, 4) is 16.9 Å². The van der Waals surface area contributed by atoms with Gasteiger partial charge in [-0.2, -0.15) is 10.2 Å². The summed E-state index contributed by atoms with van der Waals surface area (Å²) in [7, 11) is 1.60. The predicted molar refractivity (Wildman–Crippen MR) is 128 cm³/mol. The molecule has 6 rings (SSSR count). The third-order valence-corrected chi connectivity index (χ3v) is 7.44. The Hall–Kier alpha value is -3.94. The van der Waals surface area contributed by atoms with E-state index in [4.69, 9.17) is 4.74 Å². The highest BCUT2D eigenvalue weighted by Crippen LogP contribution is 2.62. The monoisotopic (exact) mass is 455 g/mol. The maximum Gasteiger partial charge on any atom is 0.272 e. The van der Waals surface area contributed by atoms with Gasteiger partial charge in [-0.25, -0.2) is 5.10 Å². The molecule has 2 fully saturated rings.